The van der Waals surface area contributed by atoms with Crippen LogP contribution in [-0.4, -0.2) is 25.2 Å². The summed E-state index contributed by atoms with van der Waals surface area (Å²) in [5.41, 5.74) is 4.77. The number of fused-ring (bicyclic) bond motifs is 3. The molecule has 0 radical (unpaired) electrons. The van der Waals surface area contributed by atoms with Gasteiger partial charge < -0.3 is 9.40 Å². The Bertz CT molecular complexity index is 1290. The van der Waals surface area contributed by atoms with Gasteiger partial charge in [-0.2, -0.15) is 5.90 Å². The molecule has 3 aromatic rings. The third-order valence-corrected chi connectivity index (χ3v) is 7.23. The molecule has 0 saturated heterocycles. The number of sulfone groups is 1. The third-order valence-electron chi connectivity index (χ3n) is 5.88. The van der Waals surface area contributed by atoms with Crippen LogP contribution in [0.2, 0.25) is 5.02 Å². The fraction of sp³-hybridized carbons (Fsp3) is 0.261. The van der Waals surface area contributed by atoms with Crippen molar-refractivity contribution in [3.05, 3.63) is 70.4 Å². The number of benzene rings is 2. The molecule has 0 aliphatic heterocycles. The maximum absolute atomic E-state index is 12.3. The summed E-state index contributed by atoms with van der Waals surface area (Å²) in [5, 5.41) is 1.53. The number of carbonyl (C=O) groups excluding carboxylic acids is 1. The monoisotopic (exact) mass is 458 g/mol. The number of aromatic nitrogens is 1. The second-order valence-electron chi connectivity index (χ2n) is 7.89. The topological polar surface area (TPSA) is 91.4 Å². The smallest absolute Gasteiger partial charge is 0.325 e. The van der Waals surface area contributed by atoms with Crippen LogP contribution in [0.4, 0.5) is 0 Å². The van der Waals surface area contributed by atoms with Gasteiger partial charge in [0.2, 0.25) is 0 Å². The number of hydrogen-bond acceptors (Lipinski definition) is 5. The van der Waals surface area contributed by atoms with Crippen LogP contribution >= 0.6 is 11.6 Å². The fourth-order valence-corrected chi connectivity index (χ4v) is 5.32. The van der Waals surface area contributed by atoms with Crippen LogP contribution in [0.15, 0.2) is 47.9 Å². The highest BCUT2D eigenvalue weighted by atomic mass is 35.5. The summed E-state index contributed by atoms with van der Waals surface area (Å²) < 4.78 is 26.8. The maximum atomic E-state index is 12.3. The molecular formula is C23H23ClN2O4S. The van der Waals surface area contributed by atoms with Gasteiger partial charge in [-0.1, -0.05) is 36.4 Å². The summed E-state index contributed by atoms with van der Waals surface area (Å²) in [6.45, 7) is 4.46. The van der Waals surface area contributed by atoms with E-state index in [2.05, 4.69) is 16.0 Å². The lowest BCUT2D eigenvalue weighted by molar-refractivity contribution is -0.144. The summed E-state index contributed by atoms with van der Waals surface area (Å²) >= 11 is 6.05. The summed E-state index contributed by atoms with van der Waals surface area (Å²) in [6, 6.07) is 11.0. The number of rotatable bonds is 6. The van der Waals surface area contributed by atoms with Crippen molar-refractivity contribution in [2.45, 2.75) is 36.6 Å². The summed E-state index contributed by atoms with van der Waals surface area (Å²) in [5.74, 6) is 4.55. The van der Waals surface area contributed by atoms with Gasteiger partial charge in [0.1, 0.15) is 0 Å². The Labute approximate surface area is 186 Å². The number of hydrogen-bond donors (Lipinski definition) is 1. The first-order valence-corrected chi connectivity index (χ1v) is 12.2. The normalized spacial score (nSPS) is 15.8. The number of carbonyl (C=O) groups is 1. The molecule has 0 spiro atoms. The van der Waals surface area contributed by atoms with Gasteiger partial charge in [0.05, 0.1) is 16.8 Å². The van der Waals surface area contributed by atoms with Gasteiger partial charge in [0.15, 0.2) is 9.84 Å². The summed E-state index contributed by atoms with van der Waals surface area (Å²) in [4.78, 5) is 16.6. The standard InChI is InChI=1S/C23H23ClN2O4S/c1-3-15-10-18(31(2,28)29)12-20-19-9-6-16(11-21(27)30-25)23(19)26(22(15)20)13-14-4-7-17(24)8-5-14/h3-5,7-8,10,12,16H,1,6,9,11,13,25H2,2H3. The highest BCUT2D eigenvalue weighted by Gasteiger charge is 2.33. The van der Waals surface area contributed by atoms with Crippen LogP contribution in [0, 0.1) is 0 Å². The second-order valence-corrected chi connectivity index (χ2v) is 10.3. The molecule has 1 aliphatic rings. The van der Waals surface area contributed by atoms with E-state index in [1.165, 1.54) is 6.26 Å². The van der Waals surface area contributed by atoms with E-state index < -0.39 is 15.8 Å². The zero-order chi connectivity index (χ0) is 22.3. The quantitative estimate of drug-likeness (QED) is 0.558. The van der Waals surface area contributed by atoms with Crippen LogP contribution in [0.1, 0.15) is 41.1 Å². The minimum atomic E-state index is -3.40. The molecule has 162 valence electrons. The molecule has 1 aromatic heterocycles. The van der Waals surface area contributed by atoms with Gasteiger partial charge in [-0.25, -0.2) is 8.42 Å². The first kappa shape index (κ1) is 21.6. The van der Waals surface area contributed by atoms with E-state index in [0.717, 1.165) is 46.1 Å². The SMILES string of the molecule is C=Cc1cc(S(C)(=O)=O)cc2c3c(n(Cc4ccc(Cl)cc4)c12)C(CC(=O)ON)CC3. The van der Waals surface area contributed by atoms with E-state index in [1.807, 2.05) is 24.3 Å². The molecule has 1 aliphatic carbocycles. The van der Waals surface area contributed by atoms with Gasteiger partial charge >= 0.3 is 5.97 Å². The van der Waals surface area contributed by atoms with Crippen molar-refractivity contribution in [2.75, 3.05) is 6.26 Å². The first-order chi connectivity index (χ1) is 14.7. The Hall–Kier alpha value is -2.61. The molecule has 0 saturated carbocycles. The lowest BCUT2D eigenvalue weighted by Crippen LogP contribution is -2.15. The molecule has 1 atom stereocenters. The van der Waals surface area contributed by atoms with Gasteiger partial charge in [-0.05, 0) is 53.8 Å². The van der Waals surface area contributed by atoms with Crippen LogP contribution in [0.3, 0.4) is 0 Å². The van der Waals surface area contributed by atoms with E-state index in [-0.39, 0.29) is 17.2 Å². The van der Waals surface area contributed by atoms with Crippen molar-refractivity contribution in [3.8, 4) is 0 Å². The van der Waals surface area contributed by atoms with Crippen molar-refractivity contribution >= 4 is 44.4 Å². The molecule has 4 rings (SSSR count). The van der Waals surface area contributed by atoms with E-state index in [0.29, 0.717) is 11.6 Å². The zero-order valence-electron chi connectivity index (χ0n) is 17.1. The van der Waals surface area contributed by atoms with Crippen LogP contribution in [0.5, 0.6) is 0 Å². The summed E-state index contributed by atoms with van der Waals surface area (Å²) in [6.07, 6.45) is 4.55. The number of nitrogens with zero attached hydrogens (tertiary/aromatic N) is 1. The molecular weight excluding hydrogens is 436 g/mol. The first-order valence-electron chi connectivity index (χ1n) is 9.88. The molecule has 0 fully saturated rings. The van der Waals surface area contributed by atoms with Gasteiger partial charge in [-0.15, -0.1) is 0 Å². The Morgan fingerprint density at radius 2 is 2.03 bits per heavy atom. The van der Waals surface area contributed by atoms with Gasteiger partial charge in [0, 0.05) is 34.8 Å². The second kappa shape index (κ2) is 8.15. The van der Waals surface area contributed by atoms with Crippen molar-refractivity contribution in [1.82, 2.24) is 4.57 Å². The fourth-order valence-electron chi connectivity index (χ4n) is 4.52. The summed E-state index contributed by atoms with van der Waals surface area (Å²) in [7, 11) is -3.40. The lowest BCUT2D eigenvalue weighted by Gasteiger charge is -2.17. The predicted octanol–water partition coefficient (Wildman–Crippen LogP) is 4.23. The molecule has 31 heavy (non-hydrogen) atoms. The molecule has 0 bridgehead atoms. The van der Waals surface area contributed by atoms with E-state index in [9.17, 15) is 13.2 Å². The highest BCUT2D eigenvalue weighted by molar-refractivity contribution is 7.90. The average Bonchev–Trinajstić information content (AvgIpc) is 3.27. The predicted molar refractivity (Wildman–Crippen MR) is 122 cm³/mol. The highest BCUT2D eigenvalue weighted by Crippen LogP contribution is 2.44. The Balaban J connectivity index is 1.98. The maximum Gasteiger partial charge on any atom is 0.325 e. The van der Waals surface area contributed by atoms with Crippen molar-refractivity contribution in [3.63, 3.8) is 0 Å². The van der Waals surface area contributed by atoms with Gasteiger partial charge in [-0.3, -0.25) is 4.79 Å². The van der Waals surface area contributed by atoms with Crippen LogP contribution < -0.4 is 5.90 Å². The van der Waals surface area contributed by atoms with E-state index in [4.69, 9.17) is 17.5 Å². The number of nitrogens with two attached hydrogens (primary N) is 1. The van der Waals surface area contributed by atoms with Crippen LogP contribution in [-0.2, 0) is 32.4 Å². The molecule has 1 heterocycles. The Kier molecular flexibility index (Phi) is 5.68. The molecule has 8 heteroatoms. The zero-order valence-corrected chi connectivity index (χ0v) is 18.7. The Morgan fingerprint density at radius 3 is 2.65 bits per heavy atom. The van der Waals surface area contributed by atoms with Crippen molar-refractivity contribution in [2.24, 2.45) is 5.90 Å². The van der Waals surface area contributed by atoms with Gasteiger partial charge in [0.25, 0.3) is 0 Å². The average molecular weight is 459 g/mol. The third kappa shape index (κ3) is 4.01. The lowest BCUT2D eigenvalue weighted by atomic mass is 10.0. The molecule has 0 amide bonds. The Morgan fingerprint density at radius 1 is 1.32 bits per heavy atom. The minimum Gasteiger partial charge on any atom is -0.373 e. The molecule has 2 aromatic carbocycles. The molecule has 2 N–H and O–H groups in total. The molecule has 6 nitrogen and oxygen atoms in total. The van der Waals surface area contributed by atoms with Crippen LogP contribution in [0.25, 0.3) is 17.0 Å². The minimum absolute atomic E-state index is 0.0647. The van der Waals surface area contributed by atoms with Crippen molar-refractivity contribution < 1.29 is 18.0 Å². The molecule has 1 unspecified atom stereocenters. The van der Waals surface area contributed by atoms with Crippen molar-refractivity contribution in [1.29, 1.82) is 0 Å². The largest absolute Gasteiger partial charge is 0.373 e. The van der Waals surface area contributed by atoms with E-state index in [1.54, 1.807) is 18.2 Å². The number of halogens is 1. The number of aryl methyl sites for hydroxylation is 1. The van der Waals surface area contributed by atoms with E-state index >= 15 is 0 Å².